The van der Waals surface area contributed by atoms with Gasteiger partial charge in [0.2, 0.25) is 0 Å². The van der Waals surface area contributed by atoms with Gasteiger partial charge in [0.05, 0.1) is 11.6 Å². The molecule has 0 saturated carbocycles. The summed E-state index contributed by atoms with van der Waals surface area (Å²) in [4.78, 5) is 4.50. The molecule has 2 aromatic carbocycles. The van der Waals surface area contributed by atoms with Crippen LogP contribution in [0.25, 0.3) is 22.0 Å². The lowest BCUT2D eigenvalue weighted by Crippen LogP contribution is -1.96. The summed E-state index contributed by atoms with van der Waals surface area (Å²) < 4.78 is 5.40. The monoisotopic (exact) mass is 278 g/mol. The van der Waals surface area contributed by atoms with Crippen LogP contribution in [0, 0.1) is 0 Å². The molecule has 0 amide bonds. The average molecular weight is 278 g/mol. The number of methoxy groups -OCH3 is 1. The molecule has 1 heterocycles. The van der Waals surface area contributed by atoms with Gasteiger partial charge in [0.25, 0.3) is 0 Å². The Morgan fingerprint density at radius 1 is 1.10 bits per heavy atom. The number of aromatic nitrogens is 1. The smallest absolute Gasteiger partial charge is 0.0800 e. The summed E-state index contributed by atoms with van der Waals surface area (Å²) in [5.41, 5.74) is 11.1. The van der Waals surface area contributed by atoms with Crippen molar-refractivity contribution in [3.63, 3.8) is 0 Å². The molecule has 1 aromatic heterocycles. The Morgan fingerprint density at radius 2 is 1.90 bits per heavy atom. The Labute approximate surface area is 124 Å². The predicted molar refractivity (Wildman–Crippen MR) is 87.0 cm³/mol. The molecule has 21 heavy (non-hydrogen) atoms. The van der Waals surface area contributed by atoms with Crippen LogP contribution in [-0.4, -0.2) is 12.1 Å². The minimum Gasteiger partial charge on any atom is -0.398 e. The molecule has 0 aliphatic heterocycles. The quantitative estimate of drug-likeness (QED) is 0.781. The molecule has 0 saturated heterocycles. The van der Waals surface area contributed by atoms with E-state index in [-0.39, 0.29) is 6.10 Å². The summed E-state index contributed by atoms with van der Waals surface area (Å²) in [5, 5.41) is 0.986. The van der Waals surface area contributed by atoms with Crippen LogP contribution >= 0.6 is 0 Å². The van der Waals surface area contributed by atoms with Gasteiger partial charge in [-0.25, -0.2) is 0 Å². The number of hydrogen-bond donors (Lipinski definition) is 1. The van der Waals surface area contributed by atoms with Gasteiger partial charge < -0.3 is 10.5 Å². The van der Waals surface area contributed by atoms with Crippen LogP contribution in [0.15, 0.2) is 54.7 Å². The number of nitrogens with zero attached hydrogens (tertiary/aromatic N) is 1. The minimum atomic E-state index is 0.0676. The van der Waals surface area contributed by atoms with Gasteiger partial charge in [0, 0.05) is 29.9 Å². The maximum Gasteiger partial charge on any atom is 0.0800 e. The molecule has 0 unspecified atom stereocenters. The van der Waals surface area contributed by atoms with Crippen molar-refractivity contribution in [3.8, 4) is 11.1 Å². The maximum absolute atomic E-state index is 6.04. The number of hydrogen-bond acceptors (Lipinski definition) is 3. The van der Waals surface area contributed by atoms with Crippen LogP contribution < -0.4 is 5.73 Å². The maximum atomic E-state index is 6.04. The lowest BCUT2D eigenvalue weighted by atomic mass is 9.98. The summed E-state index contributed by atoms with van der Waals surface area (Å²) in [7, 11) is 1.72. The number of nitrogen functional groups attached to an aromatic ring is 1. The first kappa shape index (κ1) is 13.6. The van der Waals surface area contributed by atoms with E-state index in [1.165, 1.54) is 0 Å². The van der Waals surface area contributed by atoms with Crippen molar-refractivity contribution in [2.24, 2.45) is 0 Å². The van der Waals surface area contributed by atoms with Crippen molar-refractivity contribution in [2.45, 2.75) is 13.0 Å². The number of nitrogens with two attached hydrogens (primary N) is 1. The fourth-order valence-corrected chi connectivity index (χ4v) is 2.53. The van der Waals surface area contributed by atoms with Crippen LogP contribution in [0.5, 0.6) is 0 Å². The molecule has 106 valence electrons. The zero-order chi connectivity index (χ0) is 14.8. The van der Waals surface area contributed by atoms with E-state index in [0.717, 1.165) is 33.3 Å². The molecular weight excluding hydrogens is 260 g/mol. The van der Waals surface area contributed by atoms with Gasteiger partial charge in [0.1, 0.15) is 0 Å². The van der Waals surface area contributed by atoms with E-state index in [0.29, 0.717) is 0 Å². The van der Waals surface area contributed by atoms with Gasteiger partial charge in [-0.1, -0.05) is 36.4 Å². The Kier molecular flexibility index (Phi) is 3.59. The SMILES string of the molecule is CO[C@@H](C)c1cccc(-c2cccc3c(N)ccnc23)c1. The Hall–Kier alpha value is -2.39. The number of pyridine rings is 1. The van der Waals surface area contributed by atoms with Gasteiger partial charge in [-0.15, -0.1) is 0 Å². The summed E-state index contributed by atoms with van der Waals surface area (Å²) in [5.74, 6) is 0. The highest BCUT2D eigenvalue weighted by Gasteiger charge is 2.09. The first-order valence-corrected chi connectivity index (χ1v) is 6.97. The van der Waals surface area contributed by atoms with E-state index in [1.807, 2.05) is 31.2 Å². The lowest BCUT2D eigenvalue weighted by Gasteiger charge is -2.12. The van der Waals surface area contributed by atoms with Crippen molar-refractivity contribution in [1.82, 2.24) is 4.98 Å². The molecule has 0 aliphatic carbocycles. The molecule has 3 aromatic rings. The molecular formula is C18H18N2O. The van der Waals surface area contributed by atoms with Crippen LogP contribution in [-0.2, 0) is 4.74 Å². The molecule has 3 rings (SSSR count). The highest BCUT2D eigenvalue weighted by atomic mass is 16.5. The number of fused-ring (bicyclic) bond motifs is 1. The van der Waals surface area contributed by atoms with E-state index in [9.17, 15) is 0 Å². The Bertz CT molecular complexity index is 783. The number of anilines is 1. The number of ether oxygens (including phenoxy) is 1. The van der Waals surface area contributed by atoms with E-state index in [1.54, 1.807) is 13.3 Å². The third-order valence-corrected chi connectivity index (χ3v) is 3.83. The average Bonchev–Trinajstić information content (AvgIpc) is 2.54. The third kappa shape index (κ3) is 2.48. The second-order valence-electron chi connectivity index (χ2n) is 5.11. The Balaban J connectivity index is 2.19. The van der Waals surface area contributed by atoms with Gasteiger partial charge >= 0.3 is 0 Å². The van der Waals surface area contributed by atoms with Crippen molar-refractivity contribution < 1.29 is 4.74 Å². The second kappa shape index (κ2) is 5.54. The standard InChI is InChI=1S/C18H18N2O/c1-12(21-2)13-5-3-6-14(11-13)15-7-4-8-16-17(19)9-10-20-18(15)16/h3-12H,1-2H3,(H2,19,20)/t12-/m0/s1. The van der Waals surface area contributed by atoms with Crippen LogP contribution in [0.1, 0.15) is 18.6 Å². The summed E-state index contributed by atoms with van der Waals surface area (Å²) in [6, 6.07) is 16.3. The highest BCUT2D eigenvalue weighted by molar-refractivity contribution is 5.99. The summed E-state index contributed by atoms with van der Waals surface area (Å²) in [6.07, 6.45) is 1.82. The largest absolute Gasteiger partial charge is 0.398 e. The van der Waals surface area contributed by atoms with E-state index in [2.05, 4.69) is 29.2 Å². The van der Waals surface area contributed by atoms with Crippen molar-refractivity contribution in [3.05, 3.63) is 60.3 Å². The van der Waals surface area contributed by atoms with Gasteiger partial charge in [0.15, 0.2) is 0 Å². The highest BCUT2D eigenvalue weighted by Crippen LogP contribution is 2.31. The van der Waals surface area contributed by atoms with E-state index < -0.39 is 0 Å². The first-order chi connectivity index (χ1) is 10.2. The van der Waals surface area contributed by atoms with Crippen LogP contribution in [0.3, 0.4) is 0 Å². The van der Waals surface area contributed by atoms with Gasteiger partial charge in [-0.05, 0) is 30.2 Å². The predicted octanol–water partition coefficient (Wildman–Crippen LogP) is 4.19. The second-order valence-corrected chi connectivity index (χ2v) is 5.11. The lowest BCUT2D eigenvalue weighted by molar-refractivity contribution is 0.119. The van der Waals surface area contributed by atoms with E-state index >= 15 is 0 Å². The molecule has 0 bridgehead atoms. The normalized spacial score (nSPS) is 12.5. The van der Waals surface area contributed by atoms with Gasteiger partial charge in [-0.3, -0.25) is 4.98 Å². The zero-order valence-electron chi connectivity index (χ0n) is 12.2. The number of para-hydroxylation sites is 1. The fraction of sp³-hybridized carbons (Fsp3) is 0.167. The van der Waals surface area contributed by atoms with Crippen molar-refractivity contribution in [2.75, 3.05) is 12.8 Å². The van der Waals surface area contributed by atoms with Gasteiger partial charge in [-0.2, -0.15) is 0 Å². The minimum absolute atomic E-state index is 0.0676. The molecule has 0 radical (unpaired) electrons. The molecule has 0 fully saturated rings. The molecule has 0 aliphatic rings. The molecule has 2 N–H and O–H groups in total. The Morgan fingerprint density at radius 3 is 2.71 bits per heavy atom. The molecule has 1 atom stereocenters. The summed E-state index contributed by atoms with van der Waals surface area (Å²) in [6.45, 7) is 2.04. The molecule has 3 heteroatoms. The van der Waals surface area contributed by atoms with Crippen LogP contribution in [0.4, 0.5) is 5.69 Å². The van der Waals surface area contributed by atoms with E-state index in [4.69, 9.17) is 10.5 Å². The fourth-order valence-electron chi connectivity index (χ4n) is 2.53. The number of rotatable bonds is 3. The zero-order valence-corrected chi connectivity index (χ0v) is 12.2. The first-order valence-electron chi connectivity index (χ1n) is 6.97. The van der Waals surface area contributed by atoms with Crippen LogP contribution in [0.2, 0.25) is 0 Å². The third-order valence-electron chi connectivity index (χ3n) is 3.83. The molecule has 0 spiro atoms. The number of benzene rings is 2. The molecule has 3 nitrogen and oxygen atoms in total. The van der Waals surface area contributed by atoms with Crippen molar-refractivity contribution in [1.29, 1.82) is 0 Å². The van der Waals surface area contributed by atoms with Crippen molar-refractivity contribution >= 4 is 16.6 Å². The summed E-state index contributed by atoms with van der Waals surface area (Å²) >= 11 is 0. The topological polar surface area (TPSA) is 48.1 Å².